The number of hydrogen-bond acceptors (Lipinski definition) is 3. The molecule has 0 bridgehead atoms. The molecule has 0 amide bonds. The van der Waals surface area contributed by atoms with Gasteiger partial charge in [0.15, 0.2) is 0 Å². The third-order valence-electron chi connectivity index (χ3n) is 3.03. The molecule has 1 aliphatic rings. The minimum atomic E-state index is -0.873. The van der Waals surface area contributed by atoms with Crippen LogP contribution in [0.15, 0.2) is 0 Å². The first-order valence-electron chi connectivity index (χ1n) is 5.50. The van der Waals surface area contributed by atoms with Gasteiger partial charge < -0.3 is 5.11 Å². The van der Waals surface area contributed by atoms with Crippen molar-refractivity contribution in [2.45, 2.75) is 51.1 Å². The molecule has 0 heterocycles. The molecule has 85 valence electrons. The predicted octanol–water partition coefficient (Wildman–Crippen LogP) is 1.20. The lowest BCUT2D eigenvalue weighted by molar-refractivity contribution is -0.139. The van der Waals surface area contributed by atoms with E-state index in [4.69, 9.17) is 5.11 Å². The van der Waals surface area contributed by atoms with Crippen molar-refractivity contribution in [2.24, 2.45) is 0 Å². The van der Waals surface area contributed by atoms with Gasteiger partial charge in [0.25, 0.3) is 0 Å². The Morgan fingerprint density at radius 3 is 2.53 bits per heavy atom. The topological polar surface area (TPSA) is 57.6 Å². The van der Waals surface area contributed by atoms with Crippen molar-refractivity contribution in [1.29, 1.82) is 0 Å². The van der Waals surface area contributed by atoms with E-state index in [1.807, 2.05) is 6.29 Å². The van der Waals surface area contributed by atoms with Crippen LogP contribution in [0.1, 0.15) is 39.0 Å². The Bertz CT molecular complexity index is 224. The smallest absolute Gasteiger partial charge is 0.317 e. The fourth-order valence-corrected chi connectivity index (χ4v) is 2.22. The molecule has 0 aromatic carbocycles. The normalized spacial score (nSPS) is 20.1. The molecule has 1 saturated carbocycles. The summed E-state index contributed by atoms with van der Waals surface area (Å²) in [5, 5.41) is 8.79. The Morgan fingerprint density at radius 1 is 1.47 bits per heavy atom. The van der Waals surface area contributed by atoms with Crippen molar-refractivity contribution >= 4 is 12.3 Å². The number of carboxylic acid groups (broad SMARTS) is 1. The second-order valence-electron chi connectivity index (χ2n) is 4.15. The van der Waals surface area contributed by atoms with Gasteiger partial charge in [-0.15, -0.1) is 0 Å². The van der Waals surface area contributed by atoms with Crippen LogP contribution in [-0.2, 0) is 9.59 Å². The summed E-state index contributed by atoms with van der Waals surface area (Å²) in [6.45, 7) is 1.66. The number of rotatable bonds is 5. The first kappa shape index (κ1) is 12.2. The van der Waals surface area contributed by atoms with Crippen molar-refractivity contribution in [2.75, 3.05) is 6.54 Å². The van der Waals surface area contributed by atoms with Crippen molar-refractivity contribution in [3.63, 3.8) is 0 Å². The van der Waals surface area contributed by atoms with E-state index >= 15 is 0 Å². The summed E-state index contributed by atoms with van der Waals surface area (Å²) in [7, 11) is 0. The maximum atomic E-state index is 10.7. The second-order valence-corrected chi connectivity index (χ2v) is 4.15. The van der Waals surface area contributed by atoms with Gasteiger partial charge in [-0.25, -0.2) is 0 Å². The number of carbonyl (C=O) groups excluding carboxylic acids is 1. The minimum Gasteiger partial charge on any atom is -0.480 e. The van der Waals surface area contributed by atoms with E-state index in [2.05, 4.69) is 0 Å². The van der Waals surface area contributed by atoms with Crippen molar-refractivity contribution in [3.8, 4) is 0 Å². The number of carboxylic acids is 1. The zero-order chi connectivity index (χ0) is 11.3. The summed E-state index contributed by atoms with van der Waals surface area (Å²) in [4.78, 5) is 23.1. The standard InChI is InChI=1S/C11H18NO3/c1-9(8-13)12(7-11(14)15)10-5-3-2-4-6-10/h9-10H,2-7H2,1H3,(H,14,15)/t9-/m0/s1. The summed E-state index contributed by atoms with van der Waals surface area (Å²) in [5.74, 6) is -0.873. The van der Waals surface area contributed by atoms with Crippen LogP contribution in [0.3, 0.4) is 0 Å². The Hall–Kier alpha value is -0.900. The van der Waals surface area contributed by atoms with E-state index in [0.29, 0.717) is 0 Å². The lowest BCUT2D eigenvalue weighted by Crippen LogP contribution is -2.46. The summed E-state index contributed by atoms with van der Waals surface area (Å²) in [5.41, 5.74) is 0. The molecule has 1 rings (SSSR count). The van der Waals surface area contributed by atoms with Crippen LogP contribution in [-0.4, -0.2) is 40.9 Å². The third kappa shape index (κ3) is 3.63. The molecule has 0 aliphatic heterocycles. The molecule has 1 N–H and O–H groups in total. The predicted molar refractivity (Wildman–Crippen MR) is 56.4 cm³/mol. The molecule has 0 saturated heterocycles. The Balaban J connectivity index is 2.60. The van der Waals surface area contributed by atoms with Gasteiger partial charge in [-0.3, -0.25) is 14.5 Å². The van der Waals surface area contributed by atoms with Crippen LogP contribution in [0.2, 0.25) is 0 Å². The summed E-state index contributed by atoms with van der Waals surface area (Å²) in [6.07, 6.45) is 7.36. The van der Waals surface area contributed by atoms with Gasteiger partial charge in [-0.05, 0) is 19.8 Å². The molecule has 0 spiro atoms. The number of nitrogens with zero attached hydrogens (tertiary/aromatic N) is 1. The van der Waals surface area contributed by atoms with Gasteiger partial charge in [0, 0.05) is 6.04 Å². The van der Waals surface area contributed by atoms with Crippen molar-refractivity contribution in [1.82, 2.24) is 4.90 Å². The van der Waals surface area contributed by atoms with Crippen LogP contribution in [0, 0.1) is 0 Å². The van der Waals surface area contributed by atoms with E-state index in [-0.39, 0.29) is 12.6 Å². The fraction of sp³-hybridized carbons (Fsp3) is 0.818. The SMILES string of the molecule is C[C@@H]([C]=O)N(CC(=O)O)C1CCCCC1. The molecule has 1 aliphatic carbocycles. The van der Waals surface area contributed by atoms with E-state index in [0.717, 1.165) is 25.7 Å². The molecule has 4 heteroatoms. The summed E-state index contributed by atoms with van der Waals surface area (Å²) < 4.78 is 0. The Kier molecular flexibility index (Phi) is 4.75. The van der Waals surface area contributed by atoms with Crippen LogP contribution >= 0.6 is 0 Å². The van der Waals surface area contributed by atoms with Crippen LogP contribution < -0.4 is 0 Å². The molecular weight excluding hydrogens is 194 g/mol. The summed E-state index contributed by atoms with van der Waals surface area (Å²) >= 11 is 0. The molecular formula is C11H18NO3. The van der Waals surface area contributed by atoms with Crippen LogP contribution in [0.25, 0.3) is 0 Å². The van der Waals surface area contributed by atoms with Gasteiger partial charge in [0.05, 0.1) is 12.6 Å². The Morgan fingerprint density at radius 2 is 2.07 bits per heavy atom. The number of hydrogen-bond donors (Lipinski definition) is 1. The van der Waals surface area contributed by atoms with Crippen LogP contribution in [0.4, 0.5) is 0 Å². The van der Waals surface area contributed by atoms with Gasteiger partial charge in [-0.1, -0.05) is 19.3 Å². The maximum Gasteiger partial charge on any atom is 0.317 e. The lowest BCUT2D eigenvalue weighted by atomic mass is 9.93. The lowest BCUT2D eigenvalue weighted by Gasteiger charge is -2.34. The zero-order valence-corrected chi connectivity index (χ0v) is 9.11. The van der Waals surface area contributed by atoms with E-state index < -0.39 is 12.0 Å². The van der Waals surface area contributed by atoms with Crippen molar-refractivity contribution < 1.29 is 14.7 Å². The molecule has 0 aromatic rings. The highest BCUT2D eigenvalue weighted by Gasteiger charge is 2.26. The van der Waals surface area contributed by atoms with Gasteiger partial charge in [0.1, 0.15) is 0 Å². The van der Waals surface area contributed by atoms with Crippen LogP contribution in [0.5, 0.6) is 0 Å². The van der Waals surface area contributed by atoms with Crippen molar-refractivity contribution in [3.05, 3.63) is 0 Å². The van der Waals surface area contributed by atoms with E-state index in [1.165, 1.54) is 6.42 Å². The average Bonchev–Trinajstić information content (AvgIpc) is 2.26. The molecule has 1 atom stereocenters. The highest BCUT2D eigenvalue weighted by molar-refractivity contribution is 5.70. The zero-order valence-electron chi connectivity index (χ0n) is 9.11. The Labute approximate surface area is 90.3 Å². The molecule has 1 radical (unpaired) electrons. The first-order valence-corrected chi connectivity index (χ1v) is 5.50. The maximum absolute atomic E-state index is 10.7. The number of aliphatic carboxylic acids is 1. The highest BCUT2D eigenvalue weighted by Crippen LogP contribution is 2.23. The molecule has 0 aromatic heterocycles. The largest absolute Gasteiger partial charge is 0.480 e. The minimum absolute atomic E-state index is 0.0545. The van der Waals surface area contributed by atoms with Gasteiger partial charge >= 0.3 is 5.97 Å². The second kappa shape index (κ2) is 5.85. The number of carbonyl (C=O) groups is 1. The molecule has 0 unspecified atom stereocenters. The van der Waals surface area contributed by atoms with Gasteiger partial charge in [-0.2, -0.15) is 0 Å². The average molecular weight is 212 g/mol. The molecule has 1 fully saturated rings. The van der Waals surface area contributed by atoms with E-state index in [1.54, 1.807) is 11.8 Å². The quantitative estimate of drug-likeness (QED) is 0.744. The molecule has 15 heavy (non-hydrogen) atoms. The van der Waals surface area contributed by atoms with Gasteiger partial charge in [0.2, 0.25) is 6.29 Å². The highest BCUT2D eigenvalue weighted by atomic mass is 16.4. The fourth-order valence-electron chi connectivity index (χ4n) is 2.22. The third-order valence-corrected chi connectivity index (χ3v) is 3.03. The first-order chi connectivity index (χ1) is 7.15. The summed E-state index contributed by atoms with van der Waals surface area (Å²) in [6, 6.07) is -0.171. The van der Waals surface area contributed by atoms with E-state index in [9.17, 15) is 9.59 Å². The monoisotopic (exact) mass is 212 g/mol. The molecule has 4 nitrogen and oxygen atoms in total.